The Kier molecular flexibility index (Phi) is 3.57. The molecular formula is C16H19F3N2O. The Morgan fingerprint density at radius 1 is 1.18 bits per heavy atom. The van der Waals surface area contributed by atoms with Crippen LogP contribution in [0.25, 0.3) is 0 Å². The Bertz CT molecular complexity index is 592. The number of carbonyl (C=O) groups excluding carboxylic acids is 1. The number of fused-ring (bicyclic) bond motifs is 1. The molecule has 1 heterocycles. The van der Waals surface area contributed by atoms with Crippen molar-refractivity contribution in [3.63, 3.8) is 0 Å². The summed E-state index contributed by atoms with van der Waals surface area (Å²) in [6.07, 6.45) is 0.0123. The summed E-state index contributed by atoms with van der Waals surface area (Å²) < 4.78 is 39.8. The van der Waals surface area contributed by atoms with Crippen LogP contribution in [-0.2, 0) is 11.0 Å². The normalized spacial score (nSPS) is 21.3. The van der Waals surface area contributed by atoms with E-state index in [-0.39, 0.29) is 17.3 Å². The van der Waals surface area contributed by atoms with Gasteiger partial charge in [-0.2, -0.15) is 13.2 Å². The lowest BCUT2D eigenvalue weighted by molar-refractivity contribution is -0.137. The molecule has 1 aromatic carbocycles. The van der Waals surface area contributed by atoms with E-state index in [4.69, 9.17) is 0 Å². The molecule has 1 aliphatic heterocycles. The van der Waals surface area contributed by atoms with Gasteiger partial charge in [0.1, 0.15) is 0 Å². The largest absolute Gasteiger partial charge is 0.418 e. The van der Waals surface area contributed by atoms with Crippen molar-refractivity contribution in [2.75, 3.05) is 23.8 Å². The highest BCUT2D eigenvalue weighted by atomic mass is 19.4. The third kappa shape index (κ3) is 2.44. The number of rotatable bonds is 0. The number of hydrogen-bond acceptors (Lipinski definition) is 2. The Labute approximate surface area is 127 Å². The third-order valence-corrected chi connectivity index (χ3v) is 4.80. The van der Waals surface area contributed by atoms with Crippen LogP contribution in [-0.4, -0.2) is 19.5 Å². The molecule has 0 unspecified atom stereocenters. The van der Waals surface area contributed by atoms with E-state index in [1.54, 1.807) is 18.0 Å². The van der Waals surface area contributed by atoms with Gasteiger partial charge in [-0.1, -0.05) is 25.3 Å². The number of para-hydroxylation sites is 1. The van der Waals surface area contributed by atoms with Gasteiger partial charge in [-0.3, -0.25) is 4.79 Å². The molecule has 0 saturated heterocycles. The zero-order valence-corrected chi connectivity index (χ0v) is 12.5. The van der Waals surface area contributed by atoms with Crippen LogP contribution in [0.5, 0.6) is 0 Å². The first-order valence-corrected chi connectivity index (χ1v) is 7.56. The maximum atomic E-state index is 13.3. The van der Waals surface area contributed by atoms with Gasteiger partial charge in [0.15, 0.2) is 0 Å². The van der Waals surface area contributed by atoms with Crippen LogP contribution in [0.1, 0.15) is 37.7 Å². The molecule has 22 heavy (non-hydrogen) atoms. The second-order valence-electron chi connectivity index (χ2n) is 6.35. The fraction of sp³-hybridized carbons (Fsp3) is 0.562. The van der Waals surface area contributed by atoms with Gasteiger partial charge in [-0.15, -0.1) is 0 Å². The summed E-state index contributed by atoms with van der Waals surface area (Å²) >= 11 is 0. The van der Waals surface area contributed by atoms with Crippen molar-refractivity contribution in [2.45, 2.75) is 38.3 Å². The molecule has 0 bridgehead atoms. The summed E-state index contributed by atoms with van der Waals surface area (Å²) in [5.41, 5.74) is -0.939. The van der Waals surface area contributed by atoms with Gasteiger partial charge in [-0.25, -0.2) is 0 Å². The highest BCUT2D eigenvalue weighted by Gasteiger charge is 2.45. The van der Waals surface area contributed by atoms with Crippen molar-refractivity contribution in [3.8, 4) is 0 Å². The van der Waals surface area contributed by atoms with Crippen molar-refractivity contribution in [2.24, 2.45) is 5.41 Å². The third-order valence-electron chi connectivity index (χ3n) is 4.80. The average molecular weight is 312 g/mol. The summed E-state index contributed by atoms with van der Waals surface area (Å²) in [6.45, 7) is 0.332. The van der Waals surface area contributed by atoms with E-state index in [0.717, 1.165) is 38.2 Å². The molecule has 3 nitrogen and oxygen atoms in total. The molecular weight excluding hydrogens is 293 g/mol. The topological polar surface area (TPSA) is 32.3 Å². The summed E-state index contributed by atoms with van der Waals surface area (Å²) in [5.74, 6) is -0.142. The Balaban J connectivity index is 2.06. The van der Waals surface area contributed by atoms with Crippen LogP contribution in [0.4, 0.5) is 24.5 Å². The molecule has 0 atom stereocenters. The molecule has 1 aromatic rings. The lowest BCUT2D eigenvalue weighted by atomic mass is 9.73. The number of hydrogen-bond donors (Lipinski definition) is 1. The number of amides is 1. The average Bonchev–Trinajstić information content (AvgIpc) is 2.55. The number of anilines is 2. The van der Waals surface area contributed by atoms with Crippen molar-refractivity contribution >= 4 is 17.3 Å². The second kappa shape index (κ2) is 5.18. The Morgan fingerprint density at radius 3 is 2.50 bits per heavy atom. The first kappa shape index (κ1) is 15.2. The minimum Gasteiger partial charge on any atom is -0.371 e. The molecule has 1 amide bonds. The summed E-state index contributed by atoms with van der Waals surface area (Å²) in [4.78, 5) is 14.2. The predicted molar refractivity (Wildman–Crippen MR) is 78.9 cm³/mol. The van der Waals surface area contributed by atoms with Crippen LogP contribution in [0.3, 0.4) is 0 Å². The van der Waals surface area contributed by atoms with Gasteiger partial charge in [0.05, 0.1) is 22.4 Å². The van der Waals surface area contributed by atoms with Gasteiger partial charge in [0.25, 0.3) is 0 Å². The molecule has 1 N–H and O–H groups in total. The van der Waals surface area contributed by atoms with Crippen molar-refractivity contribution in [1.29, 1.82) is 0 Å². The fourth-order valence-corrected chi connectivity index (χ4v) is 3.76. The number of nitrogens with zero attached hydrogens (tertiary/aromatic N) is 1. The lowest BCUT2D eigenvalue weighted by Gasteiger charge is -2.37. The molecule has 3 rings (SSSR count). The molecule has 0 aromatic heterocycles. The summed E-state index contributed by atoms with van der Waals surface area (Å²) in [5, 5.41) is 2.75. The smallest absolute Gasteiger partial charge is 0.371 e. The maximum Gasteiger partial charge on any atom is 0.418 e. The fourth-order valence-electron chi connectivity index (χ4n) is 3.76. The zero-order valence-electron chi connectivity index (χ0n) is 12.5. The van der Waals surface area contributed by atoms with E-state index < -0.39 is 17.2 Å². The van der Waals surface area contributed by atoms with Gasteiger partial charge in [0, 0.05) is 13.6 Å². The molecule has 0 radical (unpaired) electrons. The zero-order chi connectivity index (χ0) is 16.0. The summed E-state index contributed by atoms with van der Waals surface area (Å²) in [7, 11) is 1.64. The SMILES string of the molecule is CN1CC2(CCCCC2)C(=O)Nc2cccc(C(F)(F)F)c21. The lowest BCUT2D eigenvalue weighted by Crippen LogP contribution is -2.44. The van der Waals surface area contributed by atoms with Gasteiger partial charge < -0.3 is 10.2 Å². The monoisotopic (exact) mass is 312 g/mol. The van der Waals surface area contributed by atoms with Gasteiger partial charge >= 0.3 is 6.18 Å². The maximum absolute atomic E-state index is 13.3. The first-order valence-electron chi connectivity index (χ1n) is 7.56. The Hall–Kier alpha value is -1.72. The quantitative estimate of drug-likeness (QED) is 0.784. The van der Waals surface area contributed by atoms with E-state index >= 15 is 0 Å². The number of carbonyl (C=O) groups is 1. The van der Waals surface area contributed by atoms with Crippen LogP contribution in [0.15, 0.2) is 18.2 Å². The van der Waals surface area contributed by atoms with E-state index in [1.165, 1.54) is 6.07 Å². The summed E-state index contributed by atoms with van der Waals surface area (Å²) in [6, 6.07) is 3.95. The molecule has 1 aliphatic carbocycles. The predicted octanol–water partition coefficient (Wildman–Crippen LogP) is 4.04. The van der Waals surface area contributed by atoms with E-state index in [9.17, 15) is 18.0 Å². The van der Waals surface area contributed by atoms with E-state index in [2.05, 4.69) is 5.32 Å². The van der Waals surface area contributed by atoms with E-state index in [0.29, 0.717) is 6.54 Å². The highest BCUT2D eigenvalue weighted by Crippen LogP contribution is 2.46. The number of nitrogens with one attached hydrogen (secondary N) is 1. The first-order chi connectivity index (χ1) is 10.3. The molecule has 1 spiro atoms. The molecule has 2 aliphatic rings. The number of halogens is 3. The standard InChI is InChI=1S/C16H19F3N2O/c1-21-10-15(8-3-2-4-9-15)14(22)20-12-7-5-6-11(13(12)21)16(17,18)19/h5-7H,2-4,8-10H2,1H3,(H,20,22). The van der Waals surface area contributed by atoms with Gasteiger partial charge in [0.2, 0.25) is 5.91 Å². The number of benzene rings is 1. The highest BCUT2D eigenvalue weighted by molar-refractivity contribution is 6.00. The molecule has 6 heteroatoms. The minimum absolute atomic E-state index is 0.0748. The molecule has 1 fully saturated rings. The van der Waals surface area contributed by atoms with Crippen LogP contribution >= 0.6 is 0 Å². The van der Waals surface area contributed by atoms with Crippen LogP contribution in [0.2, 0.25) is 0 Å². The van der Waals surface area contributed by atoms with Crippen molar-refractivity contribution in [3.05, 3.63) is 23.8 Å². The molecule has 120 valence electrons. The van der Waals surface area contributed by atoms with Crippen molar-refractivity contribution in [1.82, 2.24) is 0 Å². The number of alkyl halides is 3. The van der Waals surface area contributed by atoms with E-state index in [1.807, 2.05) is 0 Å². The van der Waals surface area contributed by atoms with Crippen LogP contribution < -0.4 is 10.2 Å². The van der Waals surface area contributed by atoms with Gasteiger partial charge in [-0.05, 0) is 25.0 Å². The van der Waals surface area contributed by atoms with Crippen molar-refractivity contribution < 1.29 is 18.0 Å². The van der Waals surface area contributed by atoms with Crippen LogP contribution in [0, 0.1) is 5.41 Å². The second-order valence-corrected chi connectivity index (χ2v) is 6.35. The Morgan fingerprint density at radius 2 is 1.86 bits per heavy atom. The minimum atomic E-state index is -4.44. The molecule has 1 saturated carbocycles.